The van der Waals surface area contributed by atoms with E-state index in [1.165, 1.54) is 6.20 Å². The molecule has 0 spiro atoms. The molecule has 0 atom stereocenters. The number of aromatic nitrogens is 3. The number of nitriles is 1. The first-order valence-electron chi connectivity index (χ1n) is 8.53. The number of halogens is 4. The van der Waals surface area contributed by atoms with Gasteiger partial charge in [-0.3, -0.25) is 0 Å². The van der Waals surface area contributed by atoms with Crippen LogP contribution in [0.25, 0.3) is 11.4 Å². The van der Waals surface area contributed by atoms with Crippen molar-refractivity contribution in [2.45, 2.75) is 20.0 Å². The van der Waals surface area contributed by atoms with Crippen molar-refractivity contribution < 1.29 is 31.6 Å². The highest BCUT2D eigenvalue weighted by Gasteiger charge is 2.38. The number of hydrogen-bond donors (Lipinski definition) is 0. The first-order chi connectivity index (χ1) is 14.2. The molecule has 0 aliphatic heterocycles. The van der Waals surface area contributed by atoms with Gasteiger partial charge in [-0.1, -0.05) is 5.16 Å². The summed E-state index contributed by atoms with van der Waals surface area (Å²) in [6.45, 7) is 3.46. The van der Waals surface area contributed by atoms with E-state index >= 15 is 0 Å². The van der Waals surface area contributed by atoms with Crippen molar-refractivity contribution in [3.63, 3.8) is 0 Å². The minimum atomic E-state index is -4.72. The number of benzene rings is 1. The van der Waals surface area contributed by atoms with Crippen molar-refractivity contribution in [1.82, 2.24) is 15.1 Å². The van der Waals surface area contributed by atoms with Gasteiger partial charge in [0.05, 0.1) is 5.56 Å². The van der Waals surface area contributed by atoms with Gasteiger partial charge >= 0.3 is 12.1 Å². The lowest BCUT2D eigenvalue weighted by Crippen LogP contribution is -2.12. The molecule has 7 nitrogen and oxygen atoms in total. The molecule has 0 saturated carbocycles. The Morgan fingerprint density at radius 3 is 2.33 bits per heavy atom. The van der Waals surface area contributed by atoms with E-state index in [0.717, 1.165) is 6.07 Å². The Labute approximate surface area is 167 Å². The van der Waals surface area contributed by atoms with Crippen molar-refractivity contribution in [2.75, 3.05) is 13.2 Å². The molecule has 2 aromatic heterocycles. The minimum Gasteiger partial charge on any atom is -0.489 e. The van der Waals surface area contributed by atoms with Gasteiger partial charge in [-0.25, -0.2) is 9.37 Å². The maximum atomic E-state index is 13.7. The number of hydrogen-bond acceptors (Lipinski definition) is 7. The van der Waals surface area contributed by atoms with Gasteiger partial charge in [-0.05, 0) is 43.2 Å². The molecular weight excluding hydrogens is 408 g/mol. The van der Waals surface area contributed by atoms with Crippen LogP contribution in [0.15, 0.2) is 28.9 Å². The predicted octanol–water partition coefficient (Wildman–Crippen LogP) is 4.24. The number of alkyl halides is 3. The summed E-state index contributed by atoms with van der Waals surface area (Å²) in [5.74, 6) is -2.13. The van der Waals surface area contributed by atoms with Crippen LogP contribution in [0.3, 0.4) is 0 Å². The zero-order valence-corrected chi connectivity index (χ0v) is 15.7. The van der Waals surface area contributed by atoms with Crippen LogP contribution in [0, 0.1) is 31.0 Å². The van der Waals surface area contributed by atoms with Crippen molar-refractivity contribution >= 4 is 0 Å². The van der Waals surface area contributed by atoms with Crippen LogP contribution in [0.5, 0.6) is 11.6 Å². The molecule has 30 heavy (non-hydrogen) atoms. The third-order valence-corrected chi connectivity index (χ3v) is 3.89. The SMILES string of the molecule is Cc1cc(-c2noc(C(F)(F)F)n2)cc(C)c1OCCOc1ncc(C#N)cc1F. The molecule has 2 heterocycles. The Balaban J connectivity index is 1.65. The largest absolute Gasteiger partial charge is 0.489 e. The third-order valence-electron chi connectivity index (χ3n) is 3.89. The Hall–Kier alpha value is -3.68. The fourth-order valence-corrected chi connectivity index (χ4v) is 2.64. The molecule has 0 aliphatic carbocycles. The van der Waals surface area contributed by atoms with Crippen molar-refractivity contribution in [3.05, 3.63) is 52.8 Å². The number of pyridine rings is 1. The molecule has 0 bridgehead atoms. The molecule has 0 amide bonds. The highest BCUT2D eigenvalue weighted by molar-refractivity contribution is 5.61. The van der Waals surface area contributed by atoms with Crippen LogP contribution in [0.4, 0.5) is 17.6 Å². The Morgan fingerprint density at radius 1 is 1.10 bits per heavy atom. The topological polar surface area (TPSA) is 94.1 Å². The Bertz CT molecular complexity index is 1080. The molecule has 1 aromatic carbocycles. The van der Waals surface area contributed by atoms with Crippen LogP contribution in [-0.4, -0.2) is 28.3 Å². The molecule has 3 aromatic rings. The number of aryl methyl sites for hydroxylation is 2. The lowest BCUT2D eigenvalue weighted by molar-refractivity contribution is -0.159. The molecule has 0 saturated heterocycles. The molecular formula is C19H14F4N4O3. The summed E-state index contributed by atoms with van der Waals surface area (Å²) < 4.78 is 66.7. The Kier molecular flexibility index (Phi) is 5.86. The summed E-state index contributed by atoms with van der Waals surface area (Å²) in [6, 6.07) is 5.91. The summed E-state index contributed by atoms with van der Waals surface area (Å²) in [4.78, 5) is 7.08. The van der Waals surface area contributed by atoms with Gasteiger partial charge in [-0.2, -0.15) is 23.4 Å². The molecule has 0 aliphatic rings. The summed E-state index contributed by atoms with van der Waals surface area (Å²) in [7, 11) is 0. The molecule has 0 N–H and O–H groups in total. The van der Waals surface area contributed by atoms with E-state index in [2.05, 4.69) is 19.6 Å². The Morgan fingerprint density at radius 2 is 1.77 bits per heavy atom. The number of rotatable bonds is 6. The number of ether oxygens (including phenoxy) is 2. The second-order valence-corrected chi connectivity index (χ2v) is 6.18. The summed E-state index contributed by atoms with van der Waals surface area (Å²) >= 11 is 0. The van der Waals surface area contributed by atoms with E-state index in [1.807, 2.05) is 0 Å². The maximum absolute atomic E-state index is 13.7. The van der Waals surface area contributed by atoms with Crippen molar-refractivity contribution in [2.24, 2.45) is 0 Å². The van der Waals surface area contributed by atoms with Gasteiger partial charge in [0, 0.05) is 11.8 Å². The van der Waals surface area contributed by atoms with E-state index in [1.54, 1.807) is 32.0 Å². The van der Waals surface area contributed by atoms with Gasteiger partial charge in [-0.15, -0.1) is 0 Å². The van der Waals surface area contributed by atoms with Gasteiger partial charge < -0.3 is 14.0 Å². The smallest absolute Gasteiger partial charge is 0.471 e. The highest BCUT2D eigenvalue weighted by atomic mass is 19.4. The second-order valence-electron chi connectivity index (χ2n) is 6.18. The van der Waals surface area contributed by atoms with Crippen LogP contribution in [-0.2, 0) is 6.18 Å². The number of nitrogens with zero attached hydrogens (tertiary/aromatic N) is 4. The van der Waals surface area contributed by atoms with E-state index < -0.39 is 17.9 Å². The monoisotopic (exact) mass is 422 g/mol. The molecule has 0 radical (unpaired) electrons. The van der Waals surface area contributed by atoms with E-state index in [4.69, 9.17) is 14.7 Å². The van der Waals surface area contributed by atoms with Crippen molar-refractivity contribution in [3.8, 4) is 29.1 Å². The highest BCUT2D eigenvalue weighted by Crippen LogP contribution is 2.32. The second kappa shape index (κ2) is 8.36. The summed E-state index contributed by atoms with van der Waals surface area (Å²) in [5.41, 5.74) is 1.68. The van der Waals surface area contributed by atoms with E-state index in [9.17, 15) is 17.6 Å². The summed E-state index contributed by atoms with van der Waals surface area (Å²) in [6.07, 6.45) is -3.53. The lowest BCUT2D eigenvalue weighted by Gasteiger charge is -2.13. The van der Waals surface area contributed by atoms with Gasteiger partial charge in [0.2, 0.25) is 5.82 Å². The quantitative estimate of drug-likeness (QED) is 0.433. The van der Waals surface area contributed by atoms with Crippen LogP contribution in [0.2, 0.25) is 0 Å². The van der Waals surface area contributed by atoms with Crippen molar-refractivity contribution in [1.29, 1.82) is 5.26 Å². The van der Waals surface area contributed by atoms with Crippen LogP contribution in [0.1, 0.15) is 22.6 Å². The average Bonchev–Trinajstić information content (AvgIpc) is 3.18. The van der Waals surface area contributed by atoms with E-state index in [-0.39, 0.29) is 30.5 Å². The fourth-order valence-electron chi connectivity index (χ4n) is 2.64. The zero-order valence-electron chi connectivity index (χ0n) is 15.7. The third kappa shape index (κ3) is 4.65. The average molecular weight is 422 g/mol. The molecule has 3 rings (SSSR count). The summed E-state index contributed by atoms with van der Waals surface area (Å²) in [5, 5.41) is 12.1. The van der Waals surface area contributed by atoms with Crippen LogP contribution >= 0.6 is 0 Å². The normalized spacial score (nSPS) is 11.2. The fraction of sp³-hybridized carbons (Fsp3) is 0.263. The van der Waals surface area contributed by atoms with Crippen LogP contribution < -0.4 is 9.47 Å². The zero-order chi connectivity index (χ0) is 21.9. The maximum Gasteiger partial charge on any atom is 0.471 e. The molecule has 156 valence electrons. The molecule has 0 unspecified atom stereocenters. The van der Waals surface area contributed by atoms with Gasteiger partial charge in [0.15, 0.2) is 5.82 Å². The first kappa shape index (κ1) is 21.0. The van der Waals surface area contributed by atoms with Gasteiger partial charge in [0.25, 0.3) is 5.88 Å². The molecule has 11 heteroatoms. The minimum absolute atomic E-state index is 0.0176. The first-order valence-corrected chi connectivity index (χ1v) is 8.53. The predicted molar refractivity (Wildman–Crippen MR) is 94.1 cm³/mol. The van der Waals surface area contributed by atoms with Gasteiger partial charge in [0.1, 0.15) is 25.0 Å². The van der Waals surface area contributed by atoms with E-state index in [0.29, 0.717) is 22.4 Å². The standard InChI is InChI=1S/C19H14F4N4O3/c1-10-5-13(16-26-18(30-27-16)19(21,22)23)6-11(2)15(10)28-3-4-29-17-14(20)7-12(8-24)9-25-17/h5-7,9H,3-4H2,1-2H3. The lowest BCUT2D eigenvalue weighted by atomic mass is 10.1. The molecule has 0 fully saturated rings.